The number of ether oxygens (including phenoxy) is 1. The minimum absolute atomic E-state index is 0.0103. The summed E-state index contributed by atoms with van der Waals surface area (Å²) in [6.45, 7) is 3.99. The van der Waals surface area contributed by atoms with E-state index < -0.39 is 0 Å². The van der Waals surface area contributed by atoms with Gasteiger partial charge in [0.15, 0.2) is 5.78 Å². The molecule has 0 bridgehead atoms. The molecule has 3 rings (SSSR count). The van der Waals surface area contributed by atoms with Crippen molar-refractivity contribution in [3.63, 3.8) is 0 Å². The Morgan fingerprint density at radius 2 is 1.86 bits per heavy atom. The zero-order valence-electron chi connectivity index (χ0n) is 13.0. The van der Waals surface area contributed by atoms with Crippen molar-refractivity contribution in [1.29, 1.82) is 0 Å². The van der Waals surface area contributed by atoms with Crippen molar-refractivity contribution >= 4 is 16.8 Å². The highest BCUT2D eigenvalue weighted by molar-refractivity contribution is 6.17. The lowest BCUT2D eigenvalue weighted by Crippen LogP contribution is -2.03. The van der Waals surface area contributed by atoms with E-state index in [1.807, 2.05) is 32.0 Å². The number of methoxy groups -OCH3 is 1. The number of hydrogen-bond acceptors (Lipinski definition) is 3. The smallest absolute Gasteiger partial charge is 0.197 e. The number of rotatable bonds is 4. The molecule has 0 saturated carbocycles. The van der Waals surface area contributed by atoms with Gasteiger partial charge in [0.25, 0.3) is 0 Å². The molecule has 2 aromatic carbocycles. The minimum Gasteiger partial charge on any atom is -0.497 e. The Balaban J connectivity index is 2.15. The molecule has 0 amide bonds. The van der Waals surface area contributed by atoms with Gasteiger partial charge in [-0.2, -0.15) is 0 Å². The van der Waals surface area contributed by atoms with Gasteiger partial charge in [0.05, 0.1) is 12.7 Å². The lowest BCUT2D eigenvalue weighted by Gasteiger charge is -2.03. The van der Waals surface area contributed by atoms with Crippen molar-refractivity contribution in [2.75, 3.05) is 7.11 Å². The molecule has 0 aliphatic heterocycles. The molecule has 0 atom stereocenters. The van der Waals surface area contributed by atoms with Crippen molar-refractivity contribution in [2.24, 2.45) is 0 Å². The van der Waals surface area contributed by atoms with Gasteiger partial charge in [-0.3, -0.25) is 4.79 Å². The Morgan fingerprint density at radius 1 is 1.14 bits per heavy atom. The standard InChI is InChI=1S/C19H18O3/c1-4-16-17(15-7-5-6-12(2)19(15)22-16)18(20)13-8-10-14(21-3)11-9-13/h5-11H,4H2,1-3H3. The van der Waals surface area contributed by atoms with Crippen molar-refractivity contribution < 1.29 is 13.9 Å². The quantitative estimate of drug-likeness (QED) is 0.663. The highest BCUT2D eigenvalue weighted by Crippen LogP contribution is 2.31. The fraction of sp³-hybridized carbons (Fsp3) is 0.211. The van der Waals surface area contributed by atoms with Crippen LogP contribution in [-0.2, 0) is 6.42 Å². The minimum atomic E-state index is -0.0103. The second kappa shape index (κ2) is 5.68. The Labute approximate surface area is 129 Å². The van der Waals surface area contributed by atoms with Crippen molar-refractivity contribution in [2.45, 2.75) is 20.3 Å². The molecule has 1 heterocycles. The second-order valence-electron chi connectivity index (χ2n) is 5.26. The number of ketones is 1. The summed E-state index contributed by atoms with van der Waals surface area (Å²) in [6, 6.07) is 13.1. The molecule has 0 radical (unpaired) electrons. The molecule has 0 spiro atoms. The van der Waals surface area contributed by atoms with Gasteiger partial charge in [-0.1, -0.05) is 25.1 Å². The number of hydrogen-bond donors (Lipinski definition) is 0. The van der Waals surface area contributed by atoms with Crippen molar-refractivity contribution in [3.05, 3.63) is 64.9 Å². The number of fused-ring (bicyclic) bond motifs is 1. The van der Waals surface area contributed by atoms with E-state index >= 15 is 0 Å². The summed E-state index contributed by atoms with van der Waals surface area (Å²) in [6.07, 6.45) is 0.686. The molecule has 3 heteroatoms. The lowest BCUT2D eigenvalue weighted by molar-refractivity contribution is 0.103. The first-order valence-corrected chi connectivity index (χ1v) is 7.35. The maximum atomic E-state index is 12.9. The summed E-state index contributed by atoms with van der Waals surface area (Å²) in [5.41, 5.74) is 3.16. The molecule has 0 aliphatic rings. The summed E-state index contributed by atoms with van der Waals surface area (Å²) in [4.78, 5) is 12.9. The van der Waals surface area contributed by atoms with Gasteiger partial charge in [-0.05, 0) is 36.8 Å². The summed E-state index contributed by atoms with van der Waals surface area (Å²) in [5, 5.41) is 0.887. The summed E-state index contributed by atoms with van der Waals surface area (Å²) >= 11 is 0. The molecule has 22 heavy (non-hydrogen) atoms. The third-order valence-electron chi connectivity index (χ3n) is 3.89. The van der Waals surface area contributed by atoms with Gasteiger partial charge < -0.3 is 9.15 Å². The molecule has 0 aliphatic carbocycles. The summed E-state index contributed by atoms with van der Waals surface area (Å²) < 4.78 is 11.1. The third kappa shape index (κ3) is 2.29. The Hall–Kier alpha value is -2.55. The molecule has 1 aromatic heterocycles. The van der Waals surface area contributed by atoms with E-state index in [9.17, 15) is 4.79 Å². The first kappa shape index (κ1) is 14.4. The van der Waals surface area contributed by atoms with Crippen LogP contribution in [0.4, 0.5) is 0 Å². The molecule has 112 valence electrons. The zero-order chi connectivity index (χ0) is 15.7. The maximum Gasteiger partial charge on any atom is 0.197 e. The van der Waals surface area contributed by atoms with E-state index in [0.717, 1.165) is 28.0 Å². The monoisotopic (exact) mass is 294 g/mol. The molecular formula is C19H18O3. The molecule has 3 aromatic rings. The Kier molecular flexibility index (Phi) is 3.72. The van der Waals surface area contributed by atoms with Crippen LogP contribution < -0.4 is 4.74 Å². The van der Waals surface area contributed by atoms with Gasteiger partial charge in [-0.15, -0.1) is 0 Å². The molecule has 0 saturated heterocycles. The second-order valence-corrected chi connectivity index (χ2v) is 5.26. The topological polar surface area (TPSA) is 39.4 Å². The van der Waals surface area contributed by atoms with Gasteiger partial charge in [-0.25, -0.2) is 0 Å². The third-order valence-corrected chi connectivity index (χ3v) is 3.89. The highest BCUT2D eigenvalue weighted by Gasteiger charge is 2.21. The van der Waals surface area contributed by atoms with Crippen LogP contribution in [0, 0.1) is 6.92 Å². The van der Waals surface area contributed by atoms with Crippen LogP contribution in [0.1, 0.15) is 34.2 Å². The molecule has 0 unspecified atom stereocenters. The number of para-hydroxylation sites is 1. The normalized spacial score (nSPS) is 10.9. The van der Waals surface area contributed by atoms with Gasteiger partial charge in [0.2, 0.25) is 0 Å². The van der Waals surface area contributed by atoms with E-state index in [4.69, 9.17) is 9.15 Å². The fourth-order valence-corrected chi connectivity index (χ4v) is 2.69. The molecule has 3 nitrogen and oxygen atoms in total. The fourth-order valence-electron chi connectivity index (χ4n) is 2.69. The first-order chi connectivity index (χ1) is 10.7. The van der Waals surface area contributed by atoms with Crippen LogP contribution in [0.5, 0.6) is 5.75 Å². The van der Waals surface area contributed by atoms with Crippen LogP contribution >= 0.6 is 0 Å². The van der Waals surface area contributed by atoms with E-state index in [0.29, 0.717) is 17.5 Å². The molecule has 0 N–H and O–H groups in total. The summed E-state index contributed by atoms with van der Waals surface area (Å²) in [5.74, 6) is 1.47. The van der Waals surface area contributed by atoms with Crippen molar-refractivity contribution in [3.8, 4) is 5.75 Å². The average molecular weight is 294 g/mol. The van der Waals surface area contributed by atoms with Crippen LogP contribution in [0.25, 0.3) is 11.0 Å². The summed E-state index contributed by atoms with van der Waals surface area (Å²) in [7, 11) is 1.61. The average Bonchev–Trinajstić information content (AvgIpc) is 2.94. The maximum absolute atomic E-state index is 12.9. The Bertz CT molecular complexity index is 826. The van der Waals surface area contributed by atoms with E-state index in [1.54, 1.807) is 31.4 Å². The zero-order valence-corrected chi connectivity index (χ0v) is 13.0. The van der Waals surface area contributed by atoms with Crippen LogP contribution in [0.3, 0.4) is 0 Å². The van der Waals surface area contributed by atoms with Crippen LogP contribution in [0.2, 0.25) is 0 Å². The van der Waals surface area contributed by atoms with Gasteiger partial charge in [0, 0.05) is 17.4 Å². The number of furan rings is 1. The highest BCUT2D eigenvalue weighted by atomic mass is 16.5. The van der Waals surface area contributed by atoms with Crippen molar-refractivity contribution in [1.82, 2.24) is 0 Å². The molecule has 0 fully saturated rings. The Morgan fingerprint density at radius 3 is 2.50 bits per heavy atom. The van der Waals surface area contributed by atoms with Crippen LogP contribution in [-0.4, -0.2) is 12.9 Å². The van der Waals surface area contributed by atoms with Crippen LogP contribution in [0.15, 0.2) is 46.9 Å². The van der Waals surface area contributed by atoms with Gasteiger partial charge in [0.1, 0.15) is 17.1 Å². The number of aryl methyl sites for hydroxylation is 2. The molecular weight excluding hydrogens is 276 g/mol. The van der Waals surface area contributed by atoms with E-state index in [-0.39, 0.29) is 5.78 Å². The lowest BCUT2D eigenvalue weighted by atomic mass is 9.98. The van der Waals surface area contributed by atoms with E-state index in [1.165, 1.54) is 0 Å². The number of carbonyl (C=O) groups excluding carboxylic acids is 1. The van der Waals surface area contributed by atoms with E-state index in [2.05, 4.69) is 0 Å². The first-order valence-electron chi connectivity index (χ1n) is 7.35. The number of benzene rings is 2. The largest absolute Gasteiger partial charge is 0.497 e. The number of carbonyl (C=O) groups is 1. The SMILES string of the molecule is CCc1oc2c(C)cccc2c1C(=O)c1ccc(OC)cc1. The van der Waals surface area contributed by atoms with Gasteiger partial charge >= 0.3 is 0 Å². The predicted octanol–water partition coefficient (Wildman–Crippen LogP) is 4.54. The predicted molar refractivity (Wildman–Crippen MR) is 86.8 cm³/mol.